The molecule has 12 heteroatoms. The summed E-state index contributed by atoms with van der Waals surface area (Å²) < 4.78 is 34.4. The molecule has 0 saturated carbocycles. The molecule has 0 aliphatic carbocycles. The Kier molecular flexibility index (Phi) is 6.79. The molecule has 0 atom stereocenters. The monoisotopic (exact) mass is 473 g/mol. The molecule has 11 nitrogen and oxygen atoms in total. The highest BCUT2D eigenvalue weighted by Gasteiger charge is 2.23. The summed E-state index contributed by atoms with van der Waals surface area (Å²) in [6.07, 6.45) is 0. The van der Waals surface area contributed by atoms with Crippen molar-refractivity contribution in [3.05, 3.63) is 69.9 Å². The van der Waals surface area contributed by atoms with E-state index in [2.05, 4.69) is 15.1 Å². The second-order valence-electron chi connectivity index (χ2n) is 7.45. The minimum absolute atomic E-state index is 0.0739. The van der Waals surface area contributed by atoms with Crippen LogP contribution >= 0.6 is 0 Å². The molecule has 2 aromatic carbocycles. The number of non-ortho nitro benzene ring substituents is 1. The predicted octanol–water partition coefficient (Wildman–Crippen LogP) is 3.04. The molecule has 0 fully saturated rings. The van der Waals surface area contributed by atoms with Crippen molar-refractivity contribution < 1.29 is 22.9 Å². The van der Waals surface area contributed by atoms with Crippen LogP contribution in [0.3, 0.4) is 0 Å². The van der Waals surface area contributed by atoms with Gasteiger partial charge in [0.1, 0.15) is 16.5 Å². The fraction of sp³-hybridized carbons (Fsp3) is 0.238. The molecule has 1 heterocycles. The molecule has 0 radical (unpaired) electrons. The summed E-state index contributed by atoms with van der Waals surface area (Å²) in [6.45, 7) is 5.09. The number of nitro groups is 1. The predicted molar refractivity (Wildman–Crippen MR) is 121 cm³/mol. The van der Waals surface area contributed by atoms with Gasteiger partial charge in [-0.05, 0) is 51.1 Å². The first-order valence-electron chi connectivity index (χ1n) is 9.85. The minimum atomic E-state index is -3.92. The maximum atomic E-state index is 13.0. The van der Waals surface area contributed by atoms with Crippen molar-refractivity contribution in [2.24, 2.45) is 0 Å². The summed E-state index contributed by atoms with van der Waals surface area (Å²) in [4.78, 5) is 23.2. The molecule has 1 aromatic heterocycles. The van der Waals surface area contributed by atoms with E-state index in [0.717, 1.165) is 0 Å². The Bertz CT molecular complexity index is 1300. The number of benzene rings is 2. The zero-order valence-electron chi connectivity index (χ0n) is 18.4. The summed E-state index contributed by atoms with van der Waals surface area (Å²) in [5.41, 5.74) is 1.12. The first kappa shape index (κ1) is 23.9. The van der Waals surface area contributed by atoms with Crippen LogP contribution in [0.2, 0.25) is 0 Å². The largest absolute Gasteiger partial charge is 0.495 e. The van der Waals surface area contributed by atoms with Gasteiger partial charge in [-0.2, -0.15) is 5.10 Å². The highest BCUT2D eigenvalue weighted by molar-refractivity contribution is 7.89. The number of rotatable bonds is 8. The van der Waals surface area contributed by atoms with Crippen molar-refractivity contribution in [2.45, 2.75) is 31.7 Å². The Morgan fingerprint density at radius 2 is 1.82 bits per heavy atom. The van der Waals surface area contributed by atoms with E-state index in [9.17, 15) is 23.3 Å². The Hall–Kier alpha value is -3.77. The minimum Gasteiger partial charge on any atom is -0.495 e. The number of amides is 1. The van der Waals surface area contributed by atoms with Gasteiger partial charge in [0.05, 0.1) is 23.4 Å². The Morgan fingerprint density at radius 3 is 2.39 bits per heavy atom. The lowest BCUT2D eigenvalue weighted by molar-refractivity contribution is -0.384. The van der Waals surface area contributed by atoms with Gasteiger partial charge in [-0.3, -0.25) is 14.9 Å². The summed E-state index contributed by atoms with van der Waals surface area (Å²) in [6, 6.07) is 11.0. The van der Waals surface area contributed by atoms with E-state index < -0.39 is 20.9 Å². The average Bonchev–Trinajstić information content (AvgIpc) is 3.12. The number of carbonyl (C=O) groups is 1. The van der Waals surface area contributed by atoms with E-state index in [-0.39, 0.29) is 27.9 Å². The van der Waals surface area contributed by atoms with Crippen LogP contribution in [0.25, 0.3) is 5.69 Å². The van der Waals surface area contributed by atoms with E-state index in [1.165, 1.54) is 54.3 Å². The molecule has 1 amide bonds. The molecule has 174 valence electrons. The number of hydrogen-bond donors (Lipinski definition) is 2. The third kappa shape index (κ3) is 5.35. The fourth-order valence-corrected chi connectivity index (χ4v) is 4.54. The first-order chi connectivity index (χ1) is 15.5. The molecule has 0 unspecified atom stereocenters. The van der Waals surface area contributed by atoms with E-state index >= 15 is 0 Å². The topological polar surface area (TPSA) is 145 Å². The van der Waals surface area contributed by atoms with Gasteiger partial charge in [0.2, 0.25) is 10.0 Å². The fourth-order valence-electron chi connectivity index (χ4n) is 3.09. The number of methoxy groups -OCH3 is 1. The standard InChI is InChI=1S/C21H23N5O6S/c1-13(2)24-33(30,31)19-12-15(5-10-18(19)32-4)21(27)22-20-11-14(3)23-25(20)16-6-8-17(9-7-16)26(28)29/h5-13,24H,1-4H3,(H,22,27). The highest BCUT2D eigenvalue weighted by Crippen LogP contribution is 2.26. The number of nitrogens with one attached hydrogen (secondary N) is 2. The lowest BCUT2D eigenvalue weighted by atomic mass is 10.2. The molecule has 0 saturated heterocycles. The normalized spacial score (nSPS) is 11.4. The molecule has 3 rings (SSSR count). The maximum Gasteiger partial charge on any atom is 0.269 e. The molecule has 0 spiro atoms. The molecular formula is C21H23N5O6S. The number of carbonyl (C=O) groups excluding carboxylic acids is 1. The summed E-state index contributed by atoms with van der Waals surface area (Å²) in [5.74, 6) is -0.153. The third-order valence-corrected chi connectivity index (χ3v) is 6.16. The highest BCUT2D eigenvalue weighted by atomic mass is 32.2. The van der Waals surface area contributed by atoms with E-state index in [4.69, 9.17) is 4.74 Å². The maximum absolute atomic E-state index is 13.0. The van der Waals surface area contributed by atoms with Gasteiger partial charge in [-0.1, -0.05) is 0 Å². The summed E-state index contributed by atoms with van der Waals surface area (Å²) >= 11 is 0. The SMILES string of the molecule is COc1ccc(C(=O)Nc2cc(C)nn2-c2ccc([N+](=O)[O-])cc2)cc1S(=O)(=O)NC(C)C. The molecule has 0 aliphatic rings. The van der Waals surface area contributed by atoms with Crippen LogP contribution in [0.15, 0.2) is 53.4 Å². The van der Waals surface area contributed by atoms with E-state index in [1.807, 2.05) is 0 Å². The zero-order chi connectivity index (χ0) is 24.3. The zero-order valence-corrected chi connectivity index (χ0v) is 19.2. The van der Waals surface area contributed by atoms with E-state index in [1.54, 1.807) is 26.8 Å². The number of nitro benzene ring substituents is 1. The molecular weight excluding hydrogens is 450 g/mol. The number of sulfonamides is 1. The van der Waals surface area contributed by atoms with Crippen molar-refractivity contribution in [3.63, 3.8) is 0 Å². The summed E-state index contributed by atoms with van der Waals surface area (Å²) in [5, 5.41) is 17.9. The van der Waals surface area contributed by atoms with Gasteiger partial charge < -0.3 is 10.1 Å². The van der Waals surface area contributed by atoms with E-state index in [0.29, 0.717) is 17.2 Å². The van der Waals surface area contributed by atoms with Crippen LogP contribution in [0, 0.1) is 17.0 Å². The van der Waals surface area contributed by atoms with Crippen molar-refractivity contribution >= 4 is 27.4 Å². The molecule has 0 bridgehead atoms. The lowest BCUT2D eigenvalue weighted by Crippen LogP contribution is -2.30. The van der Waals surface area contributed by atoms with Crippen molar-refractivity contribution in [1.29, 1.82) is 0 Å². The Labute approximate surface area is 190 Å². The van der Waals surface area contributed by atoms with Crippen LogP contribution in [-0.2, 0) is 10.0 Å². The number of hydrogen-bond acceptors (Lipinski definition) is 7. The Morgan fingerprint density at radius 1 is 1.15 bits per heavy atom. The number of aromatic nitrogens is 2. The van der Waals surface area contributed by atoms with Gasteiger partial charge in [-0.25, -0.2) is 17.8 Å². The van der Waals surface area contributed by atoms with Gasteiger partial charge in [0, 0.05) is 29.8 Å². The number of aryl methyl sites for hydroxylation is 1. The van der Waals surface area contributed by atoms with Crippen LogP contribution in [0.5, 0.6) is 5.75 Å². The van der Waals surface area contributed by atoms with Crippen LogP contribution in [0.1, 0.15) is 29.9 Å². The first-order valence-corrected chi connectivity index (χ1v) is 11.3. The summed E-state index contributed by atoms with van der Waals surface area (Å²) in [7, 11) is -2.57. The Balaban J connectivity index is 1.94. The molecule has 3 aromatic rings. The number of ether oxygens (including phenoxy) is 1. The van der Waals surface area contributed by atoms with Crippen LogP contribution in [0.4, 0.5) is 11.5 Å². The van der Waals surface area contributed by atoms with Crippen LogP contribution in [-0.4, -0.2) is 42.2 Å². The quantitative estimate of drug-likeness (QED) is 0.378. The lowest BCUT2D eigenvalue weighted by Gasteiger charge is -2.14. The second-order valence-corrected chi connectivity index (χ2v) is 9.13. The molecule has 2 N–H and O–H groups in total. The number of nitrogens with zero attached hydrogens (tertiary/aromatic N) is 3. The smallest absolute Gasteiger partial charge is 0.269 e. The van der Waals surface area contributed by atoms with Crippen LogP contribution < -0.4 is 14.8 Å². The van der Waals surface area contributed by atoms with Gasteiger partial charge in [0.25, 0.3) is 11.6 Å². The molecule has 0 aliphatic heterocycles. The molecule has 33 heavy (non-hydrogen) atoms. The second kappa shape index (κ2) is 9.38. The number of anilines is 1. The third-order valence-electron chi connectivity index (χ3n) is 4.48. The van der Waals surface area contributed by atoms with Crippen molar-refractivity contribution in [3.8, 4) is 11.4 Å². The van der Waals surface area contributed by atoms with Gasteiger partial charge >= 0.3 is 0 Å². The van der Waals surface area contributed by atoms with Gasteiger partial charge in [0.15, 0.2) is 0 Å². The van der Waals surface area contributed by atoms with Crippen molar-refractivity contribution in [1.82, 2.24) is 14.5 Å². The van der Waals surface area contributed by atoms with Crippen molar-refractivity contribution in [2.75, 3.05) is 12.4 Å². The van der Waals surface area contributed by atoms with Gasteiger partial charge in [-0.15, -0.1) is 0 Å². The average molecular weight is 474 g/mol.